The van der Waals surface area contributed by atoms with Crippen molar-refractivity contribution in [2.45, 2.75) is 96.9 Å². The molecule has 2 bridgehead atoms. The number of aliphatic hydroxyl groups is 2. The van der Waals surface area contributed by atoms with E-state index >= 15 is 4.79 Å². The van der Waals surface area contributed by atoms with Gasteiger partial charge in [0.15, 0.2) is 17.5 Å². The first-order valence-electron chi connectivity index (χ1n) is 15.8. The van der Waals surface area contributed by atoms with Crippen molar-refractivity contribution >= 4 is 34.5 Å². The number of fused-ring (bicyclic) bond motifs is 6. The predicted molar refractivity (Wildman–Crippen MR) is 165 cm³/mol. The van der Waals surface area contributed by atoms with E-state index in [-0.39, 0.29) is 24.2 Å². The Morgan fingerprint density at radius 1 is 0.978 bits per heavy atom. The molecule has 2 aromatic carbocycles. The van der Waals surface area contributed by atoms with Gasteiger partial charge in [-0.25, -0.2) is 4.79 Å². The van der Waals surface area contributed by atoms with E-state index in [4.69, 9.17) is 18.9 Å². The van der Waals surface area contributed by atoms with Crippen molar-refractivity contribution in [3.63, 3.8) is 0 Å². The monoisotopic (exact) mass is 634 g/mol. The predicted octanol–water partition coefficient (Wildman–Crippen LogP) is 4.08. The second kappa shape index (κ2) is 10.7. The van der Waals surface area contributed by atoms with Crippen LogP contribution < -0.4 is 0 Å². The van der Waals surface area contributed by atoms with Crippen LogP contribution in [0.15, 0.2) is 53.6 Å². The number of rotatable bonds is 4. The van der Waals surface area contributed by atoms with Crippen molar-refractivity contribution in [2.75, 3.05) is 6.61 Å². The van der Waals surface area contributed by atoms with Gasteiger partial charge in [-0.3, -0.25) is 14.4 Å². The Bertz CT molecular complexity index is 1670. The third-order valence-electron chi connectivity index (χ3n) is 11.7. The number of hydrogen-bond acceptors (Lipinski definition) is 10. The van der Waals surface area contributed by atoms with Gasteiger partial charge in [-0.2, -0.15) is 0 Å². The number of esters is 3. The van der Waals surface area contributed by atoms with E-state index in [1.54, 1.807) is 45.9 Å². The minimum Gasteiger partial charge on any atom is -0.455 e. The molecule has 3 aliphatic carbocycles. The molecule has 6 rings (SSSR count). The quantitative estimate of drug-likeness (QED) is 0.287. The van der Waals surface area contributed by atoms with Gasteiger partial charge < -0.3 is 29.2 Å². The molecule has 0 aromatic heterocycles. The maximum absolute atomic E-state index is 15.1. The Morgan fingerprint density at radius 2 is 1.65 bits per heavy atom. The topological polar surface area (TPSA) is 146 Å². The highest BCUT2D eigenvalue weighted by Gasteiger charge is 2.77. The van der Waals surface area contributed by atoms with Crippen molar-refractivity contribution in [2.24, 2.45) is 22.7 Å². The van der Waals surface area contributed by atoms with Gasteiger partial charge in [0.1, 0.15) is 17.8 Å². The first-order valence-corrected chi connectivity index (χ1v) is 15.8. The average molecular weight is 635 g/mol. The zero-order chi connectivity index (χ0) is 33.6. The summed E-state index contributed by atoms with van der Waals surface area (Å²) in [6.07, 6.45) is -4.78. The van der Waals surface area contributed by atoms with E-state index < -0.39 is 82.0 Å². The molecule has 0 radical (unpaired) electrons. The van der Waals surface area contributed by atoms with E-state index in [0.29, 0.717) is 17.4 Å². The van der Waals surface area contributed by atoms with Gasteiger partial charge in [0.25, 0.3) is 0 Å². The number of carbonyl (C=O) groups excluding carboxylic acids is 4. The Hall–Kier alpha value is -3.60. The summed E-state index contributed by atoms with van der Waals surface area (Å²) in [6.45, 7) is 11.0. The number of Topliss-reactive ketones (excluding diaryl/α,β-unsaturated/α-hetero) is 1. The summed E-state index contributed by atoms with van der Waals surface area (Å²) < 4.78 is 24.4. The molecule has 46 heavy (non-hydrogen) atoms. The Kier molecular flexibility index (Phi) is 7.54. The van der Waals surface area contributed by atoms with Crippen LogP contribution in [-0.4, -0.2) is 76.1 Å². The van der Waals surface area contributed by atoms with Gasteiger partial charge in [-0.05, 0) is 47.2 Å². The van der Waals surface area contributed by atoms with Gasteiger partial charge in [-0.1, -0.05) is 64.1 Å². The van der Waals surface area contributed by atoms with Crippen LogP contribution in [0.4, 0.5) is 0 Å². The SMILES string of the molecule is CC(=O)OC1C(=O)[C@@]2(C)C(C(OC(=O)c3cccc4ccccc34)C3(O)CC(O)C(C)=C1C3(C)C)C1(OC(C)=O)COC1C[C@@H]2C. The third kappa shape index (κ3) is 4.33. The Labute approximate surface area is 268 Å². The number of benzene rings is 2. The molecular weight excluding hydrogens is 592 g/mol. The molecule has 1 heterocycles. The lowest BCUT2D eigenvalue weighted by Gasteiger charge is -2.68. The first-order chi connectivity index (χ1) is 21.5. The number of ether oxygens (including phenoxy) is 4. The fourth-order valence-corrected chi connectivity index (χ4v) is 9.03. The maximum Gasteiger partial charge on any atom is 0.339 e. The molecule has 0 spiro atoms. The van der Waals surface area contributed by atoms with Crippen LogP contribution in [0, 0.1) is 22.7 Å². The second-order valence-corrected chi connectivity index (χ2v) is 14.3. The lowest BCUT2D eigenvalue weighted by atomic mass is 9.43. The lowest BCUT2D eigenvalue weighted by Crippen LogP contribution is -2.80. The highest BCUT2D eigenvalue weighted by molar-refractivity contribution is 6.04. The minimum atomic E-state index is -2.03. The summed E-state index contributed by atoms with van der Waals surface area (Å²) in [4.78, 5) is 54.8. The van der Waals surface area contributed by atoms with E-state index in [0.717, 1.165) is 5.39 Å². The van der Waals surface area contributed by atoms with Crippen LogP contribution >= 0.6 is 0 Å². The molecule has 10 heteroatoms. The molecule has 2 saturated carbocycles. The molecule has 10 nitrogen and oxygen atoms in total. The van der Waals surface area contributed by atoms with Crippen LogP contribution in [0.25, 0.3) is 10.8 Å². The smallest absolute Gasteiger partial charge is 0.339 e. The number of aliphatic hydroxyl groups excluding tert-OH is 1. The lowest BCUT2D eigenvalue weighted by molar-refractivity contribution is -0.340. The van der Waals surface area contributed by atoms with Crippen LogP contribution in [0.1, 0.15) is 71.7 Å². The number of ketones is 1. The summed E-state index contributed by atoms with van der Waals surface area (Å²) in [5.74, 6) is -4.16. The van der Waals surface area contributed by atoms with Crippen LogP contribution in [0.2, 0.25) is 0 Å². The van der Waals surface area contributed by atoms with E-state index in [2.05, 4.69) is 0 Å². The molecule has 2 N–H and O–H groups in total. The van der Waals surface area contributed by atoms with Crippen molar-refractivity contribution in [3.05, 3.63) is 59.2 Å². The number of carbonyl (C=O) groups is 4. The minimum absolute atomic E-state index is 0.0984. The van der Waals surface area contributed by atoms with E-state index in [1.807, 2.05) is 31.2 Å². The fraction of sp³-hybridized carbons (Fsp3) is 0.556. The van der Waals surface area contributed by atoms with Gasteiger partial charge in [-0.15, -0.1) is 0 Å². The van der Waals surface area contributed by atoms with Crippen molar-refractivity contribution < 1.29 is 48.3 Å². The van der Waals surface area contributed by atoms with Crippen molar-refractivity contribution in [1.29, 1.82) is 0 Å². The summed E-state index contributed by atoms with van der Waals surface area (Å²) in [5.41, 5.74) is -5.41. The third-order valence-corrected chi connectivity index (χ3v) is 11.7. The fourth-order valence-electron chi connectivity index (χ4n) is 9.03. The largest absolute Gasteiger partial charge is 0.455 e. The van der Waals surface area contributed by atoms with E-state index in [1.165, 1.54) is 13.8 Å². The maximum atomic E-state index is 15.1. The molecule has 4 aliphatic rings. The Balaban J connectivity index is 1.65. The number of hydrogen-bond donors (Lipinski definition) is 2. The molecular formula is C36H42O10. The van der Waals surface area contributed by atoms with Crippen LogP contribution in [0.5, 0.6) is 0 Å². The van der Waals surface area contributed by atoms with Crippen LogP contribution in [-0.2, 0) is 33.3 Å². The highest BCUT2D eigenvalue weighted by Crippen LogP contribution is 2.65. The highest BCUT2D eigenvalue weighted by atomic mass is 16.6. The zero-order valence-corrected chi connectivity index (χ0v) is 27.3. The molecule has 246 valence electrons. The summed E-state index contributed by atoms with van der Waals surface area (Å²) in [7, 11) is 0. The Morgan fingerprint density at radius 3 is 2.28 bits per heavy atom. The molecule has 2 aromatic rings. The molecule has 3 fully saturated rings. The summed E-state index contributed by atoms with van der Waals surface area (Å²) >= 11 is 0. The normalized spacial score (nSPS) is 38.0. The molecule has 7 unspecified atom stereocenters. The first kappa shape index (κ1) is 32.3. The molecule has 1 saturated heterocycles. The molecule has 0 amide bonds. The summed E-state index contributed by atoms with van der Waals surface area (Å²) in [6, 6.07) is 12.6. The van der Waals surface area contributed by atoms with Crippen molar-refractivity contribution in [3.8, 4) is 0 Å². The molecule has 1 aliphatic heterocycles. The van der Waals surface area contributed by atoms with Gasteiger partial charge in [0.05, 0.1) is 24.2 Å². The van der Waals surface area contributed by atoms with E-state index in [9.17, 15) is 24.6 Å². The zero-order valence-electron chi connectivity index (χ0n) is 27.3. The second-order valence-electron chi connectivity index (χ2n) is 14.3. The average Bonchev–Trinajstić information content (AvgIpc) is 2.98. The van der Waals surface area contributed by atoms with Crippen LogP contribution in [0.3, 0.4) is 0 Å². The standard InChI is InChI=1S/C36H42O10/c1-18-15-26-35(17-43-26,46-21(4)38)29-31(45-32(41)24-14-10-12-22-11-8-9-13-23(22)24)36(42)16-25(39)19(2)27(33(36,5)6)28(44-20(3)37)30(40)34(18,29)7/h8-14,18,25-26,28-29,31,39,42H,15-17H2,1-7H3/t18-,25?,26?,28?,29?,31?,34+,35?,36?/m0/s1. The van der Waals surface area contributed by atoms with Gasteiger partial charge in [0.2, 0.25) is 0 Å². The van der Waals surface area contributed by atoms with Gasteiger partial charge in [0, 0.05) is 31.1 Å². The molecule has 9 atom stereocenters. The van der Waals surface area contributed by atoms with Crippen molar-refractivity contribution in [1.82, 2.24) is 0 Å². The van der Waals surface area contributed by atoms with Gasteiger partial charge >= 0.3 is 17.9 Å². The summed E-state index contributed by atoms with van der Waals surface area (Å²) in [5, 5.41) is 26.1.